The lowest BCUT2D eigenvalue weighted by molar-refractivity contribution is -0.139. The first-order valence-electron chi connectivity index (χ1n) is 6.45. The quantitative estimate of drug-likeness (QED) is 0.858. The van der Waals surface area contributed by atoms with Crippen molar-refractivity contribution in [2.24, 2.45) is 0 Å². The molecule has 4 nitrogen and oxygen atoms in total. The minimum absolute atomic E-state index is 0.332. The number of hydrogen-bond acceptors (Lipinski definition) is 3. The van der Waals surface area contributed by atoms with Gasteiger partial charge in [-0.1, -0.05) is 30.3 Å². The summed E-state index contributed by atoms with van der Waals surface area (Å²) in [5.41, 5.74) is 1.35. The molecule has 0 aliphatic rings. The second-order valence-corrected chi connectivity index (χ2v) is 4.52. The lowest BCUT2D eigenvalue weighted by atomic mass is 10.1. The molecule has 2 N–H and O–H groups in total. The Hall–Kier alpha value is -2.40. The van der Waals surface area contributed by atoms with Crippen LogP contribution in [0.1, 0.15) is 17.2 Å². The fourth-order valence-electron chi connectivity index (χ4n) is 2.06. The minimum atomic E-state index is -1.02. The largest absolute Gasteiger partial charge is 0.496 e. The van der Waals surface area contributed by atoms with Crippen LogP contribution in [0.5, 0.6) is 5.75 Å². The molecule has 21 heavy (non-hydrogen) atoms. The molecule has 0 saturated heterocycles. The monoisotopic (exact) mass is 289 g/mol. The number of nitrogens with one attached hydrogen (secondary N) is 1. The van der Waals surface area contributed by atoms with Gasteiger partial charge in [0.05, 0.1) is 7.11 Å². The zero-order chi connectivity index (χ0) is 15.2. The lowest BCUT2D eigenvalue weighted by Crippen LogP contribution is -2.28. The van der Waals surface area contributed by atoms with E-state index in [4.69, 9.17) is 4.74 Å². The second kappa shape index (κ2) is 6.85. The third-order valence-electron chi connectivity index (χ3n) is 3.14. The molecule has 2 aromatic carbocycles. The summed E-state index contributed by atoms with van der Waals surface area (Å²) in [6.45, 7) is 0.332. The van der Waals surface area contributed by atoms with Crippen LogP contribution in [0, 0.1) is 5.82 Å². The first kappa shape index (κ1) is 15.0. The first-order valence-corrected chi connectivity index (χ1v) is 6.45. The topological polar surface area (TPSA) is 58.6 Å². The number of ether oxygens (including phenoxy) is 1. The summed E-state index contributed by atoms with van der Waals surface area (Å²) < 4.78 is 18.1. The molecular formula is C16H16FNO3. The molecule has 2 rings (SSSR count). The molecule has 0 aliphatic carbocycles. The van der Waals surface area contributed by atoms with Gasteiger partial charge in [0.15, 0.2) is 0 Å². The van der Waals surface area contributed by atoms with E-state index in [0.29, 0.717) is 17.9 Å². The van der Waals surface area contributed by atoms with E-state index in [-0.39, 0.29) is 0 Å². The third kappa shape index (κ3) is 3.79. The number of carboxylic acids is 1. The predicted octanol–water partition coefficient (Wildman–Crippen LogP) is 2.75. The third-order valence-corrected chi connectivity index (χ3v) is 3.14. The molecule has 1 atom stereocenters. The van der Waals surface area contributed by atoms with Crippen LogP contribution in [-0.2, 0) is 11.3 Å². The molecule has 1 unspecified atom stereocenters. The normalized spacial score (nSPS) is 11.9. The highest BCUT2D eigenvalue weighted by Crippen LogP contribution is 2.19. The van der Waals surface area contributed by atoms with Gasteiger partial charge >= 0.3 is 5.97 Å². The summed E-state index contributed by atoms with van der Waals surface area (Å²) >= 11 is 0. The molecule has 0 aromatic heterocycles. The highest BCUT2D eigenvalue weighted by Gasteiger charge is 2.19. The van der Waals surface area contributed by atoms with Crippen molar-refractivity contribution in [2.75, 3.05) is 7.11 Å². The average molecular weight is 289 g/mol. The van der Waals surface area contributed by atoms with Crippen molar-refractivity contribution in [3.05, 3.63) is 65.5 Å². The maximum atomic E-state index is 12.9. The molecule has 0 heterocycles. The summed E-state index contributed by atoms with van der Waals surface area (Å²) in [5, 5.41) is 12.3. The Labute approximate surface area is 122 Å². The highest BCUT2D eigenvalue weighted by atomic mass is 19.1. The van der Waals surface area contributed by atoms with Crippen molar-refractivity contribution in [3.63, 3.8) is 0 Å². The Morgan fingerprint density at radius 2 is 1.90 bits per heavy atom. The smallest absolute Gasteiger partial charge is 0.325 e. The fourth-order valence-corrected chi connectivity index (χ4v) is 2.06. The van der Waals surface area contributed by atoms with Crippen molar-refractivity contribution in [1.82, 2.24) is 5.32 Å². The van der Waals surface area contributed by atoms with E-state index >= 15 is 0 Å². The Morgan fingerprint density at radius 3 is 2.52 bits per heavy atom. The van der Waals surface area contributed by atoms with Crippen LogP contribution >= 0.6 is 0 Å². The number of benzene rings is 2. The number of para-hydroxylation sites is 1. The van der Waals surface area contributed by atoms with Crippen LogP contribution in [0.25, 0.3) is 0 Å². The maximum absolute atomic E-state index is 12.9. The minimum Gasteiger partial charge on any atom is -0.496 e. The van der Waals surface area contributed by atoms with Crippen molar-refractivity contribution in [2.45, 2.75) is 12.6 Å². The van der Waals surface area contributed by atoms with Crippen LogP contribution in [0.3, 0.4) is 0 Å². The maximum Gasteiger partial charge on any atom is 0.325 e. The Bertz CT molecular complexity index is 613. The highest BCUT2D eigenvalue weighted by molar-refractivity contribution is 5.75. The zero-order valence-corrected chi connectivity index (χ0v) is 11.5. The molecule has 0 fully saturated rings. The Kier molecular flexibility index (Phi) is 4.90. The SMILES string of the molecule is COc1ccccc1CNC(C(=O)O)c1ccc(F)cc1. The van der Waals surface area contributed by atoms with E-state index < -0.39 is 17.8 Å². The van der Waals surface area contributed by atoms with Crippen molar-refractivity contribution in [3.8, 4) is 5.75 Å². The molecule has 2 aromatic rings. The molecule has 5 heteroatoms. The second-order valence-electron chi connectivity index (χ2n) is 4.52. The van der Waals surface area contributed by atoms with Gasteiger partial charge in [0.25, 0.3) is 0 Å². The van der Waals surface area contributed by atoms with Gasteiger partial charge in [-0.15, -0.1) is 0 Å². The van der Waals surface area contributed by atoms with E-state index in [1.54, 1.807) is 7.11 Å². The van der Waals surface area contributed by atoms with Crippen molar-refractivity contribution >= 4 is 5.97 Å². The van der Waals surface area contributed by atoms with Crippen LogP contribution in [0.2, 0.25) is 0 Å². The molecule has 0 radical (unpaired) electrons. The number of rotatable bonds is 6. The van der Waals surface area contributed by atoms with Gasteiger partial charge in [-0.05, 0) is 23.8 Å². The van der Waals surface area contributed by atoms with E-state index in [9.17, 15) is 14.3 Å². The average Bonchev–Trinajstić information content (AvgIpc) is 2.49. The molecular weight excluding hydrogens is 273 g/mol. The number of aliphatic carboxylic acids is 1. The van der Waals surface area contributed by atoms with Crippen molar-refractivity contribution < 1.29 is 19.0 Å². The number of carboxylic acid groups (broad SMARTS) is 1. The van der Waals surface area contributed by atoms with Gasteiger partial charge in [0.1, 0.15) is 17.6 Å². The predicted molar refractivity (Wildman–Crippen MR) is 76.6 cm³/mol. The number of hydrogen-bond donors (Lipinski definition) is 2. The van der Waals surface area contributed by atoms with Gasteiger partial charge < -0.3 is 9.84 Å². The van der Waals surface area contributed by atoms with Crippen LogP contribution < -0.4 is 10.1 Å². The summed E-state index contributed by atoms with van der Waals surface area (Å²) in [6.07, 6.45) is 0. The molecule has 0 amide bonds. The number of halogens is 1. The summed E-state index contributed by atoms with van der Waals surface area (Å²) in [7, 11) is 1.56. The fraction of sp³-hybridized carbons (Fsp3) is 0.188. The number of carbonyl (C=O) groups is 1. The van der Waals surface area contributed by atoms with Crippen LogP contribution in [-0.4, -0.2) is 18.2 Å². The summed E-state index contributed by atoms with van der Waals surface area (Å²) in [6, 6.07) is 11.9. The van der Waals surface area contributed by atoms with Gasteiger partial charge in [0, 0.05) is 12.1 Å². The Balaban J connectivity index is 2.14. The van der Waals surface area contributed by atoms with E-state index in [1.807, 2.05) is 24.3 Å². The van der Waals surface area contributed by atoms with Gasteiger partial charge in [-0.2, -0.15) is 0 Å². The summed E-state index contributed by atoms with van der Waals surface area (Å²) in [4.78, 5) is 11.4. The van der Waals surface area contributed by atoms with Crippen LogP contribution in [0.15, 0.2) is 48.5 Å². The standard InChI is InChI=1S/C16H16FNO3/c1-21-14-5-3-2-4-12(14)10-18-15(16(19)20)11-6-8-13(17)9-7-11/h2-9,15,18H,10H2,1H3,(H,19,20). The molecule has 0 aliphatic heterocycles. The zero-order valence-electron chi connectivity index (χ0n) is 11.5. The van der Waals surface area contributed by atoms with E-state index in [2.05, 4.69) is 5.32 Å². The number of methoxy groups -OCH3 is 1. The van der Waals surface area contributed by atoms with Gasteiger partial charge in [-0.25, -0.2) is 4.39 Å². The molecule has 110 valence electrons. The van der Waals surface area contributed by atoms with Gasteiger partial charge in [0.2, 0.25) is 0 Å². The summed E-state index contributed by atoms with van der Waals surface area (Å²) in [5.74, 6) is -0.725. The van der Waals surface area contributed by atoms with Crippen molar-refractivity contribution in [1.29, 1.82) is 0 Å². The first-order chi connectivity index (χ1) is 10.1. The van der Waals surface area contributed by atoms with E-state index in [0.717, 1.165) is 5.56 Å². The lowest BCUT2D eigenvalue weighted by Gasteiger charge is -2.16. The van der Waals surface area contributed by atoms with E-state index in [1.165, 1.54) is 24.3 Å². The molecule has 0 saturated carbocycles. The van der Waals surface area contributed by atoms with Crippen LogP contribution in [0.4, 0.5) is 4.39 Å². The van der Waals surface area contributed by atoms with Gasteiger partial charge in [-0.3, -0.25) is 10.1 Å². The Morgan fingerprint density at radius 1 is 1.24 bits per heavy atom. The molecule has 0 bridgehead atoms. The molecule has 0 spiro atoms.